The minimum atomic E-state index is -0.278. The summed E-state index contributed by atoms with van der Waals surface area (Å²) in [4.78, 5) is 8.78. The van der Waals surface area contributed by atoms with E-state index in [1.807, 2.05) is 11.5 Å². The van der Waals surface area contributed by atoms with Crippen molar-refractivity contribution in [3.05, 3.63) is 66.0 Å². The zero-order valence-electron chi connectivity index (χ0n) is 15.8. The van der Waals surface area contributed by atoms with Crippen LogP contribution in [0.1, 0.15) is 38.7 Å². The van der Waals surface area contributed by atoms with Crippen molar-refractivity contribution in [3.63, 3.8) is 0 Å². The average molecular weight is 352 g/mol. The van der Waals surface area contributed by atoms with Gasteiger partial charge >= 0.3 is 0 Å². The highest BCUT2D eigenvalue weighted by Crippen LogP contribution is 2.30. The molecule has 2 aromatic rings. The van der Waals surface area contributed by atoms with Gasteiger partial charge in [0, 0.05) is 18.0 Å². The zero-order valence-corrected chi connectivity index (χ0v) is 15.8. The number of hydrogen-bond donors (Lipinski definition) is 1. The molecule has 1 aromatic carbocycles. The predicted octanol–water partition coefficient (Wildman–Crippen LogP) is 5.17. The third-order valence-corrected chi connectivity index (χ3v) is 3.97. The molecule has 0 unspecified atom stereocenters. The van der Waals surface area contributed by atoms with E-state index in [0.717, 1.165) is 34.8 Å². The minimum absolute atomic E-state index is 0.278. The highest BCUT2D eigenvalue weighted by Gasteiger charge is 2.17. The Kier molecular flexibility index (Phi) is 6.28. The maximum absolute atomic E-state index is 13.3. The minimum Gasteiger partial charge on any atom is -0.387 e. The van der Waals surface area contributed by atoms with Crippen LogP contribution in [0.25, 0.3) is 23.0 Å². The SMILES string of the molecule is C=C(/C=C\N=C(/C)N)c1c(-c2ccc(F)cc2)nc(C)n1/C=C(\C)CC. The van der Waals surface area contributed by atoms with Crippen molar-refractivity contribution in [2.24, 2.45) is 10.7 Å². The van der Waals surface area contributed by atoms with Crippen LogP contribution in [-0.2, 0) is 0 Å². The topological polar surface area (TPSA) is 56.2 Å². The summed E-state index contributed by atoms with van der Waals surface area (Å²) in [5.74, 6) is 1.03. The van der Waals surface area contributed by atoms with Crippen molar-refractivity contribution in [2.75, 3.05) is 0 Å². The molecule has 0 aliphatic heterocycles. The molecule has 0 fully saturated rings. The van der Waals surface area contributed by atoms with E-state index in [0.29, 0.717) is 5.84 Å². The van der Waals surface area contributed by atoms with Gasteiger partial charge in [0.15, 0.2) is 0 Å². The Morgan fingerprint density at radius 2 is 1.96 bits per heavy atom. The Morgan fingerprint density at radius 3 is 2.54 bits per heavy atom. The molecule has 5 heteroatoms. The normalized spacial score (nSPS) is 12.8. The second-order valence-corrected chi connectivity index (χ2v) is 6.17. The summed E-state index contributed by atoms with van der Waals surface area (Å²) in [5, 5.41) is 0. The van der Waals surface area contributed by atoms with E-state index in [1.54, 1.807) is 31.3 Å². The van der Waals surface area contributed by atoms with Crippen molar-refractivity contribution >= 4 is 17.6 Å². The molecule has 0 spiro atoms. The quantitative estimate of drug-likeness (QED) is 0.443. The molecule has 136 valence electrons. The Labute approximate surface area is 154 Å². The van der Waals surface area contributed by atoms with Gasteiger partial charge in [-0.25, -0.2) is 14.4 Å². The van der Waals surface area contributed by atoms with Gasteiger partial charge in [-0.2, -0.15) is 0 Å². The predicted molar refractivity (Wildman–Crippen MR) is 108 cm³/mol. The van der Waals surface area contributed by atoms with Gasteiger partial charge in [-0.3, -0.25) is 0 Å². The van der Waals surface area contributed by atoms with Gasteiger partial charge < -0.3 is 10.3 Å². The Morgan fingerprint density at radius 1 is 1.31 bits per heavy atom. The van der Waals surface area contributed by atoms with Crippen LogP contribution in [0.4, 0.5) is 4.39 Å². The number of benzene rings is 1. The molecule has 0 saturated heterocycles. The molecule has 0 aliphatic rings. The third kappa shape index (κ3) is 4.57. The van der Waals surface area contributed by atoms with Crippen molar-refractivity contribution < 1.29 is 4.39 Å². The largest absolute Gasteiger partial charge is 0.387 e. The van der Waals surface area contributed by atoms with Gasteiger partial charge in [0.05, 0.1) is 17.2 Å². The maximum Gasteiger partial charge on any atom is 0.123 e. The van der Waals surface area contributed by atoms with Crippen LogP contribution < -0.4 is 5.73 Å². The average Bonchev–Trinajstić information content (AvgIpc) is 2.91. The summed E-state index contributed by atoms with van der Waals surface area (Å²) in [7, 11) is 0. The maximum atomic E-state index is 13.3. The molecule has 4 nitrogen and oxygen atoms in total. The van der Waals surface area contributed by atoms with E-state index in [9.17, 15) is 4.39 Å². The Hall–Kier alpha value is -2.95. The summed E-state index contributed by atoms with van der Waals surface area (Å²) >= 11 is 0. The molecule has 2 rings (SSSR count). The van der Waals surface area contributed by atoms with Gasteiger partial charge in [0.25, 0.3) is 0 Å². The lowest BCUT2D eigenvalue weighted by molar-refractivity contribution is 0.628. The summed E-state index contributed by atoms with van der Waals surface area (Å²) in [6.45, 7) is 12.0. The summed E-state index contributed by atoms with van der Waals surface area (Å²) in [5.41, 5.74) is 9.97. The van der Waals surface area contributed by atoms with Gasteiger partial charge in [-0.1, -0.05) is 19.1 Å². The number of hydrogen-bond acceptors (Lipinski definition) is 2. The number of aryl methyl sites for hydroxylation is 1. The van der Waals surface area contributed by atoms with Crippen LogP contribution in [0.2, 0.25) is 0 Å². The molecule has 0 bridgehead atoms. The molecule has 1 aromatic heterocycles. The molecule has 0 atom stereocenters. The van der Waals surface area contributed by atoms with Crippen LogP contribution in [0.15, 0.2) is 53.7 Å². The van der Waals surface area contributed by atoms with Crippen LogP contribution in [-0.4, -0.2) is 15.4 Å². The fourth-order valence-electron chi connectivity index (χ4n) is 2.45. The summed E-state index contributed by atoms with van der Waals surface area (Å²) in [6, 6.07) is 6.31. The van der Waals surface area contributed by atoms with Gasteiger partial charge in [0.1, 0.15) is 11.6 Å². The second kappa shape index (κ2) is 8.43. The van der Waals surface area contributed by atoms with Crippen LogP contribution in [0.3, 0.4) is 0 Å². The molecule has 2 N–H and O–H groups in total. The molecule has 0 amide bonds. The number of nitrogens with zero attached hydrogens (tertiary/aromatic N) is 3. The van der Waals surface area contributed by atoms with E-state index < -0.39 is 0 Å². The highest BCUT2D eigenvalue weighted by atomic mass is 19.1. The van der Waals surface area contributed by atoms with Gasteiger partial charge in [0.2, 0.25) is 0 Å². The van der Waals surface area contributed by atoms with Gasteiger partial charge in [-0.15, -0.1) is 0 Å². The molecule has 0 saturated carbocycles. The number of halogens is 1. The Bertz CT molecular complexity index is 879. The lowest BCUT2D eigenvalue weighted by Crippen LogP contribution is -2.03. The molecular weight excluding hydrogens is 327 g/mol. The van der Waals surface area contributed by atoms with Crippen LogP contribution >= 0.6 is 0 Å². The van der Waals surface area contributed by atoms with Crippen LogP contribution in [0.5, 0.6) is 0 Å². The molecule has 0 radical (unpaired) electrons. The monoisotopic (exact) mass is 352 g/mol. The van der Waals surface area contributed by atoms with Crippen molar-refractivity contribution in [3.8, 4) is 11.3 Å². The first-order chi connectivity index (χ1) is 12.3. The highest BCUT2D eigenvalue weighted by molar-refractivity contribution is 5.83. The number of aliphatic imine (C=N–C) groups is 1. The first-order valence-corrected chi connectivity index (χ1v) is 8.51. The van der Waals surface area contributed by atoms with E-state index in [1.165, 1.54) is 17.7 Å². The number of allylic oxidation sites excluding steroid dienone is 3. The van der Waals surface area contributed by atoms with E-state index >= 15 is 0 Å². The number of imidazole rings is 1. The van der Waals surface area contributed by atoms with Gasteiger partial charge in [-0.05, 0) is 63.1 Å². The van der Waals surface area contributed by atoms with E-state index in [-0.39, 0.29) is 5.82 Å². The number of aromatic nitrogens is 2. The number of amidine groups is 1. The van der Waals surface area contributed by atoms with E-state index in [2.05, 4.69) is 31.6 Å². The summed E-state index contributed by atoms with van der Waals surface area (Å²) < 4.78 is 15.3. The summed E-state index contributed by atoms with van der Waals surface area (Å²) in [6.07, 6.45) is 6.41. The lowest BCUT2D eigenvalue weighted by atomic mass is 10.1. The second-order valence-electron chi connectivity index (χ2n) is 6.17. The number of rotatable bonds is 6. The standard InChI is InChI=1S/C21H25FN4/c1-6-14(2)13-26-17(5)25-20(18-7-9-19(22)10-8-18)21(26)15(3)11-12-24-16(4)23/h7-13H,3,6H2,1-2,4-5H3,(H2,23,24)/b12-11-,14-13+. The molecule has 1 heterocycles. The lowest BCUT2D eigenvalue weighted by Gasteiger charge is -2.09. The Balaban J connectivity index is 2.63. The first-order valence-electron chi connectivity index (χ1n) is 8.51. The number of nitrogens with two attached hydrogens (primary N) is 1. The molecule has 0 aliphatic carbocycles. The fraction of sp³-hybridized carbons (Fsp3) is 0.238. The van der Waals surface area contributed by atoms with Crippen molar-refractivity contribution in [1.29, 1.82) is 0 Å². The molecular formula is C21H25FN4. The third-order valence-electron chi connectivity index (χ3n) is 3.97. The van der Waals surface area contributed by atoms with Crippen molar-refractivity contribution in [1.82, 2.24) is 9.55 Å². The van der Waals surface area contributed by atoms with Crippen molar-refractivity contribution in [2.45, 2.75) is 34.1 Å². The van der Waals surface area contributed by atoms with Crippen LogP contribution in [0, 0.1) is 12.7 Å². The fourth-order valence-corrected chi connectivity index (χ4v) is 2.45. The smallest absolute Gasteiger partial charge is 0.123 e. The van der Waals surface area contributed by atoms with E-state index in [4.69, 9.17) is 10.7 Å². The zero-order chi connectivity index (χ0) is 19.3. The molecule has 26 heavy (non-hydrogen) atoms. The first kappa shape index (κ1) is 19.4.